The lowest BCUT2D eigenvalue weighted by Crippen LogP contribution is -2.30. The fraction of sp³-hybridized carbons (Fsp3) is 0.290. The van der Waals surface area contributed by atoms with E-state index in [0.29, 0.717) is 23.6 Å². The summed E-state index contributed by atoms with van der Waals surface area (Å²) in [4.78, 5) is 30.6. The first-order chi connectivity index (χ1) is 18.1. The number of hydrogen-bond donors (Lipinski definition) is 1. The third kappa shape index (κ3) is 4.96. The maximum atomic E-state index is 13.4. The summed E-state index contributed by atoms with van der Waals surface area (Å²) in [7, 11) is 0. The maximum absolute atomic E-state index is 13.4. The Labute approximate surface area is 217 Å². The van der Waals surface area contributed by atoms with Crippen LogP contribution in [-0.4, -0.2) is 36.5 Å². The lowest BCUT2D eigenvalue weighted by molar-refractivity contribution is -0.132. The number of aliphatic hydroxyl groups is 1. The number of carbonyl (C=O) groups is 2. The summed E-state index contributed by atoms with van der Waals surface area (Å²) < 4.78 is 5.64. The number of piperidine rings is 1. The van der Waals surface area contributed by atoms with Gasteiger partial charge in [-0.3, -0.25) is 14.5 Å². The lowest BCUT2D eigenvalue weighted by atomic mass is 9.95. The number of ketones is 1. The molecule has 6 heteroatoms. The summed E-state index contributed by atoms with van der Waals surface area (Å²) in [5.74, 6) is -0.851. The molecule has 5 rings (SSSR count). The highest BCUT2D eigenvalue weighted by Crippen LogP contribution is 2.42. The Kier molecular flexibility index (Phi) is 7.26. The minimum Gasteiger partial charge on any atom is -0.507 e. The van der Waals surface area contributed by atoms with Gasteiger partial charge in [0.15, 0.2) is 0 Å². The topological polar surface area (TPSA) is 70.1 Å². The van der Waals surface area contributed by atoms with Crippen LogP contribution in [0.4, 0.5) is 11.4 Å². The van der Waals surface area contributed by atoms with Gasteiger partial charge in [0.25, 0.3) is 11.7 Å². The van der Waals surface area contributed by atoms with E-state index in [2.05, 4.69) is 4.90 Å². The van der Waals surface area contributed by atoms with Crippen LogP contribution in [-0.2, 0) is 9.59 Å². The van der Waals surface area contributed by atoms with Crippen molar-refractivity contribution in [1.29, 1.82) is 0 Å². The second kappa shape index (κ2) is 10.9. The van der Waals surface area contributed by atoms with E-state index in [1.54, 1.807) is 24.3 Å². The van der Waals surface area contributed by atoms with E-state index in [1.807, 2.05) is 61.5 Å². The summed E-state index contributed by atoms with van der Waals surface area (Å²) in [6.07, 6.45) is 4.50. The van der Waals surface area contributed by atoms with E-state index in [4.69, 9.17) is 4.74 Å². The quantitative estimate of drug-likeness (QED) is 0.243. The van der Waals surface area contributed by atoms with Gasteiger partial charge in [-0.2, -0.15) is 0 Å². The highest BCUT2D eigenvalue weighted by molar-refractivity contribution is 6.51. The van der Waals surface area contributed by atoms with Gasteiger partial charge in [-0.05, 0) is 79.8 Å². The molecular weight excluding hydrogens is 464 g/mol. The minimum atomic E-state index is -0.738. The van der Waals surface area contributed by atoms with Crippen molar-refractivity contribution in [1.82, 2.24) is 0 Å². The molecule has 1 unspecified atom stereocenters. The minimum absolute atomic E-state index is 0.0820. The molecule has 2 aliphatic heterocycles. The van der Waals surface area contributed by atoms with Crippen molar-refractivity contribution in [3.63, 3.8) is 0 Å². The molecule has 37 heavy (non-hydrogen) atoms. The number of nitrogens with zero attached hydrogens (tertiary/aromatic N) is 2. The Morgan fingerprint density at radius 2 is 1.51 bits per heavy atom. The van der Waals surface area contributed by atoms with Gasteiger partial charge in [-0.1, -0.05) is 37.3 Å². The smallest absolute Gasteiger partial charge is 0.300 e. The number of anilines is 2. The maximum Gasteiger partial charge on any atom is 0.300 e. The van der Waals surface area contributed by atoms with E-state index < -0.39 is 17.7 Å². The summed E-state index contributed by atoms with van der Waals surface area (Å²) in [5.41, 5.74) is 3.04. The van der Waals surface area contributed by atoms with Gasteiger partial charge in [0.1, 0.15) is 11.5 Å². The zero-order valence-electron chi connectivity index (χ0n) is 21.1. The number of Topliss-reactive ketones (excluding diaryl/α,β-unsaturated/α-hetero) is 1. The number of benzene rings is 3. The Morgan fingerprint density at radius 3 is 2.16 bits per heavy atom. The highest BCUT2D eigenvalue weighted by atomic mass is 16.5. The molecular formula is C31H32N2O4. The Morgan fingerprint density at radius 1 is 0.865 bits per heavy atom. The first-order valence-electron chi connectivity index (χ1n) is 13.0. The van der Waals surface area contributed by atoms with Crippen LogP contribution in [0.25, 0.3) is 5.76 Å². The van der Waals surface area contributed by atoms with Crippen molar-refractivity contribution in [3.05, 3.63) is 95.6 Å². The van der Waals surface area contributed by atoms with Crippen LogP contribution in [0, 0.1) is 0 Å². The summed E-state index contributed by atoms with van der Waals surface area (Å²) in [6.45, 7) is 4.68. The SMILES string of the molecule is CCCOc1ccc(/C(O)=C2\C(=O)C(=O)N(c3ccc(N4CCCCC4)cc3)C2c2ccccc2)cc1. The van der Waals surface area contributed by atoms with Crippen LogP contribution in [0.3, 0.4) is 0 Å². The van der Waals surface area contributed by atoms with Crippen molar-refractivity contribution < 1.29 is 19.4 Å². The van der Waals surface area contributed by atoms with Gasteiger partial charge < -0.3 is 14.7 Å². The zero-order valence-corrected chi connectivity index (χ0v) is 21.1. The van der Waals surface area contributed by atoms with Crippen molar-refractivity contribution in [2.75, 3.05) is 29.5 Å². The number of rotatable bonds is 7. The number of aliphatic hydroxyl groups excluding tert-OH is 1. The molecule has 0 aliphatic carbocycles. The van der Waals surface area contributed by atoms with E-state index >= 15 is 0 Å². The van der Waals surface area contributed by atoms with Crippen LogP contribution in [0.15, 0.2) is 84.4 Å². The van der Waals surface area contributed by atoms with Crippen LogP contribution < -0.4 is 14.5 Å². The summed E-state index contributed by atoms with van der Waals surface area (Å²) in [6, 6.07) is 23.4. The number of amides is 1. The number of carbonyl (C=O) groups excluding carboxylic acids is 2. The third-order valence-electron chi connectivity index (χ3n) is 7.01. The first-order valence-corrected chi connectivity index (χ1v) is 13.0. The standard InChI is InChI=1S/C31H32N2O4/c1-2-21-37-26-17-11-23(12-18-26)29(34)27-28(22-9-5-3-6-10-22)33(31(36)30(27)35)25-15-13-24(14-16-25)32-19-7-4-8-20-32/h3,5-6,9-18,28,34H,2,4,7-8,19-21H2,1H3/b29-27+. The largest absolute Gasteiger partial charge is 0.507 e. The van der Waals surface area contributed by atoms with Gasteiger partial charge in [0.05, 0.1) is 18.2 Å². The van der Waals surface area contributed by atoms with Gasteiger partial charge in [-0.15, -0.1) is 0 Å². The van der Waals surface area contributed by atoms with E-state index in [0.717, 1.165) is 30.8 Å². The predicted molar refractivity (Wildman–Crippen MR) is 146 cm³/mol. The average molecular weight is 497 g/mol. The summed E-state index contributed by atoms with van der Waals surface area (Å²) in [5, 5.41) is 11.3. The van der Waals surface area contributed by atoms with Crippen molar-refractivity contribution >= 4 is 28.8 Å². The molecule has 0 bridgehead atoms. The van der Waals surface area contributed by atoms with E-state index in [1.165, 1.54) is 24.2 Å². The lowest BCUT2D eigenvalue weighted by Gasteiger charge is -2.30. The van der Waals surface area contributed by atoms with Crippen LogP contribution in [0.5, 0.6) is 5.75 Å². The molecule has 2 fully saturated rings. The molecule has 1 N–H and O–H groups in total. The fourth-order valence-corrected chi connectivity index (χ4v) is 5.11. The molecule has 2 saturated heterocycles. The predicted octanol–water partition coefficient (Wildman–Crippen LogP) is 6.09. The molecule has 2 aliphatic rings. The van der Waals surface area contributed by atoms with E-state index in [9.17, 15) is 14.7 Å². The molecule has 3 aromatic rings. The van der Waals surface area contributed by atoms with Gasteiger partial charge in [0, 0.05) is 30.0 Å². The van der Waals surface area contributed by atoms with Gasteiger partial charge >= 0.3 is 0 Å². The van der Waals surface area contributed by atoms with E-state index in [-0.39, 0.29) is 11.3 Å². The Balaban J connectivity index is 1.53. The molecule has 2 heterocycles. The second-order valence-corrected chi connectivity index (χ2v) is 9.52. The molecule has 1 amide bonds. The highest BCUT2D eigenvalue weighted by Gasteiger charge is 2.46. The Hall–Kier alpha value is -4.06. The van der Waals surface area contributed by atoms with Crippen LogP contribution >= 0.6 is 0 Å². The second-order valence-electron chi connectivity index (χ2n) is 9.52. The van der Waals surface area contributed by atoms with Crippen LogP contribution in [0.2, 0.25) is 0 Å². The first kappa shape index (κ1) is 24.6. The zero-order chi connectivity index (χ0) is 25.8. The van der Waals surface area contributed by atoms with Gasteiger partial charge in [-0.25, -0.2) is 0 Å². The molecule has 0 spiro atoms. The molecule has 0 aromatic heterocycles. The molecule has 1 atom stereocenters. The third-order valence-corrected chi connectivity index (χ3v) is 7.01. The monoisotopic (exact) mass is 496 g/mol. The van der Waals surface area contributed by atoms with Crippen molar-refractivity contribution in [2.45, 2.75) is 38.6 Å². The number of ether oxygens (including phenoxy) is 1. The molecule has 0 radical (unpaired) electrons. The molecule has 3 aromatic carbocycles. The van der Waals surface area contributed by atoms with Crippen molar-refractivity contribution in [3.8, 4) is 5.75 Å². The fourth-order valence-electron chi connectivity index (χ4n) is 5.11. The van der Waals surface area contributed by atoms with Gasteiger partial charge in [0.2, 0.25) is 0 Å². The normalized spacial score (nSPS) is 19.3. The summed E-state index contributed by atoms with van der Waals surface area (Å²) >= 11 is 0. The Bertz CT molecular complexity index is 1280. The molecule has 0 saturated carbocycles. The van der Waals surface area contributed by atoms with Crippen LogP contribution in [0.1, 0.15) is 49.8 Å². The van der Waals surface area contributed by atoms with Crippen molar-refractivity contribution in [2.24, 2.45) is 0 Å². The number of hydrogen-bond acceptors (Lipinski definition) is 5. The molecule has 190 valence electrons. The molecule has 6 nitrogen and oxygen atoms in total. The average Bonchev–Trinajstić information content (AvgIpc) is 3.22.